The number of aromatic nitrogens is 4. The number of hydrogen-bond donors (Lipinski definition) is 3. The van der Waals surface area contributed by atoms with Gasteiger partial charge in [0.15, 0.2) is 0 Å². The zero-order valence-electron chi connectivity index (χ0n) is 14.2. The van der Waals surface area contributed by atoms with Crippen LogP contribution >= 0.6 is 0 Å². The Bertz CT molecular complexity index is 792. The first-order valence-corrected chi connectivity index (χ1v) is 7.63. The van der Waals surface area contributed by atoms with E-state index in [1.807, 2.05) is 13.8 Å². The van der Waals surface area contributed by atoms with Gasteiger partial charge < -0.3 is 15.7 Å². The summed E-state index contributed by atoms with van der Waals surface area (Å²) in [5.41, 5.74) is 0.672. The summed E-state index contributed by atoms with van der Waals surface area (Å²) in [5, 5.41) is 21.9. The highest BCUT2D eigenvalue weighted by atomic mass is 16.4. The van der Waals surface area contributed by atoms with Crippen molar-refractivity contribution < 1.29 is 19.5 Å². The molecule has 0 saturated heterocycles. The average molecular weight is 348 g/mol. The lowest BCUT2D eigenvalue weighted by atomic mass is 10.2. The van der Waals surface area contributed by atoms with Crippen LogP contribution in [0.3, 0.4) is 0 Å². The third-order valence-corrected chi connectivity index (χ3v) is 3.27. The Labute approximate surface area is 143 Å². The van der Waals surface area contributed by atoms with E-state index in [0.29, 0.717) is 6.54 Å². The molecule has 2 heterocycles. The number of anilines is 1. The van der Waals surface area contributed by atoms with Crippen LogP contribution in [0.25, 0.3) is 0 Å². The van der Waals surface area contributed by atoms with E-state index in [-0.39, 0.29) is 35.3 Å². The normalized spacial score (nSPS) is 10.7. The Balaban J connectivity index is 2.12. The number of carboxylic acid groups (broad SMARTS) is 1. The second kappa shape index (κ2) is 7.60. The molecule has 2 rings (SSSR count). The summed E-state index contributed by atoms with van der Waals surface area (Å²) in [7, 11) is 1.60. The molecule has 0 aromatic carbocycles. The van der Waals surface area contributed by atoms with Gasteiger partial charge in [0.2, 0.25) is 0 Å². The van der Waals surface area contributed by atoms with Crippen molar-refractivity contribution in [1.82, 2.24) is 24.9 Å². The molecule has 134 valence electrons. The quantitative estimate of drug-likeness (QED) is 0.661. The molecule has 0 saturated carbocycles. The number of carbonyl (C=O) groups excluding carboxylic acids is 2. The summed E-state index contributed by atoms with van der Waals surface area (Å²) >= 11 is 0. The average Bonchev–Trinajstić information content (AvgIpc) is 3.11. The van der Waals surface area contributed by atoms with Crippen molar-refractivity contribution in [2.75, 3.05) is 11.9 Å². The van der Waals surface area contributed by atoms with Crippen LogP contribution < -0.4 is 10.6 Å². The van der Waals surface area contributed by atoms with Crippen molar-refractivity contribution in [3.05, 3.63) is 29.8 Å². The standard InChI is InChI=1S/C15H20N6O4/c1-9(2)4-16-15(25)13-11(6-17-20(13)3)19-14(24)10-5-18-21(7-10)8-12(22)23/h5-7,9H,4,8H2,1-3H3,(H,16,25)(H,19,24)(H,22,23). The van der Waals surface area contributed by atoms with E-state index in [2.05, 4.69) is 20.8 Å². The predicted octanol–water partition coefficient (Wildman–Crippen LogP) is 0.339. The van der Waals surface area contributed by atoms with E-state index in [0.717, 1.165) is 4.68 Å². The first kappa shape index (κ1) is 18.2. The molecule has 2 amide bonds. The van der Waals surface area contributed by atoms with Gasteiger partial charge in [0.05, 0.1) is 23.6 Å². The molecule has 0 aliphatic heterocycles. The molecule has 0 spiro atoms. The van der Waals surface area contributed by atoms with Crippen LogP contribution in [-0.2, 0) is 18.4 Å². The molecule has 0 aliphatic carbocycles. The van der Waals surface area contributed by atoms with Crippen molar-refractivity contribution in [2.45, 2.75) is 20.4 Å². The molecular formula is C15H20N6O4. The molecule has 2 aromatic rings. The highest BCUT2D eigenvalue weighted by Gasteiger charge is 2.20. The Morgan fingerprint density at radius 1 is 1.20 bits per heavy atom. The molecule has 10 heteroatoms. The van der Waals surface area contributed by atoms with Gasteiger partial charge in [0.1, 0.15) is 12.2 Å². The molecule has 25 heavy (non-hydrogen) atoms. The van der Waals surface area contributed by atoms with Crippen molar-refractivity contribution in [2.24, 2.45) is 13.0 Å². The molecule has 2 aromatic heterocycles. The van der Waals surface area contributed by atoms with E-state index in [1.54, 1.807) is 7.05 Å². The third kappa shape index (κ3) is 4.66. The molecule has 0 atom stereocenters. The van der Waals surface area contributed by atoms with E-state index < -0.39 is 11.9 Å². The highest BCUT2D eigenvalue weighted by molar-refractivity contribution is 6.08. The number of carboxylic acids is 1. The van der Waals surface area contributed by atoms with Gasteiger partial charge in [-0.15, -0.1) is 0 Å². The topological polar surface area (TPSA) is 131 Å². The lowest BCUT2D eigenvalue weighted by Gasteiger charge is -2.10. The first-order chi connectivity index (χ1) is 11.8. The second-order valence-electron chi connectivity index (χ2n) is 5.91. The number of hydrogen-bond acceptors (Lipinski definition) is 5. The maximum atomic E-state index is 12.3. The van der Waals surface area contributed by atoms with Crippen LogP contribution in [0.15, 0.2) is 18.6 Å². The molecule has 0 radical (unpaired) electrons. The summed E-state index contributed by atoms with van der Waals surface area (Å²) in [5.74, 6) is -1.63. The van der Waals surface area contributed by atoms with Gasteiger partial charge >= 0.3 is 5.97 Å². The second-order valence-corrected chi connectivity index (χ2v) is 5.91. The minimum Gasteiger partial charge on any atom is -0.480 e. The number of aryl methyl sites for hydroxylation is 1. The smallest absolute Gasteiger partial charge is 0.325 e. The number of aliphatic carboxylic acids is 1. The van der Waals surface area contributed by atoms with Crippen LogP contribution in [0, 0.1) is 5.92 Å². The minimum atomic E-state index is -1.06. The van der Waals surface area contributed by atoms with Gasteiger partial charge in [-0.3, -0.25) is 23.7 Å². The van der Waals surface area contributed by atoms with E-state index in [1.165, 1.54) is 23.3 Å². The third-order valence-electron chi connectivity index (χ3n) is 3.27. The van der Waals surface area contributed by atoms with E-state index in [4.69, 9.17) is 5.11 Å². The Morgan fingerprint density at radius 3 is 2.56 bits per heavy atom. The molecule has 0 bridgehead atoms. The number of amides is 2. The van der Waals surface area contributed by atoms with E-state index in [9.17, 15) is 14.4 Å². The Hall–Kier alpha value is -3.17. The molecular weight excluding hydrogens is 328 g/mol. The van der Waals surface area contributed by atoms with Gasteiger partial charge in [-0.05, 0) is 5.92 Å². The fraction of sp³-hybridized carbons (Fsp3) is 0.400. The van der Waals surface area contributed by atoms with Crippen LogP contribution in [0.2, 0.25) is 0 Å². The molecule has 3 N–H and O–H groups in total. The number of carbonyl (C=O) groups is 3. The molecule has 10 nitrogen and oxygen atoms in total. The van der Waals surface area contributed by atoms with Gasteiger partial charge in [-0.2, -0.15) is 10.2 Å². The van der Waals surface area contributed by atoms with Crippen molar-refractivity contribution in [3.8, 4) is 0 Å². The fourth-order valence-corrected chi connectivity index (χ4v) is 2.08. The summed E-state index contributed by atoms with van der Waals surface area (Å²) in [6.45, 7) is 4.10. The SMILES string of the molecule is CC(C)CNC(=O)c1c(NC(=O)c2cnn(CC(=O)O)c2)cnn1C. The Kier molecular flexibility index (Phi) is 5.52. The maximum absolute atomic E-state index is 12.3. The summed E-state index contributed by atoms with van der Waals surface area (Å²) in [6.07, 6.45) is 3.95. The van der Waals surface area contributed by atoms with E-state index >= 15 is 0 Å². The van der Waals surface area contributed by atoms with Gasteiger partial charge in [0.25, 0.3) is 11.8 Å². The predicted molar refractivity (Wildman–Crippen MR) is 88.2 cm³/mol. The zero-order chi connectivity index (χ0) is 18.6. The lowest BCUT2D eigenvalue weighted by Crippen LogP contribution is -2.30. The fourth-order valence-electron chi connectivity index (χ4n) is 2.08. The number of nitrogens with one attached hydrogen (secondary N) is 2. The lowest BCUT2D eigenvalue weighted by molar-refractivity contribution is -0.137. The maximum Gasteiger partial charge on any atom is 0.325 e. The van der Waals surface area contributed by atoms with Crippen molar-refractivity contribution in [1.29, 1.82) is 0 Å². The summed E-state index contributed by atoms with van der Waals surface area (Å²) < 4.78 is 2.51. The largest absolute Gasteiger partial charge is 0.480 e. The molecule has 0 aliphatic rings. The van der Waals surface area contributed by atoms with Gasteiger partial charge in [-0.1, -0.05) is 13.8 Å². The van der Waals surface area contributed by atoms with Crippen molar-refractivity contribution >= 4 is 23.5 Å². The highest BCUT2D eigenvalue weighted by Crippen LogP contribution is 2.15. The van der Waals surface area contributed by atoms with Gasteiger partial charge in [0, 0.05) is 19.8 Å². The number of nitrogens with zero attached hydrogens (tertiary/aromatic N) is 4. The van der Waals surface area contributed by atoms with Crippen molar-refractivity contribution in [3.63, 3.8) is 0 Å². The van der Waals surface area contributed by atoms with Crippen LogP contribution in [0.4, 0.5) is 5.69 Å². The van der Waals surface area contributed by atoms with Crippen LogP contribution in [0.5, 0.6) is 0 Å². The van der Waals surface area contributed by atoms with Gasteiger partial charge in [-0.25, -0.2) is 0 Å². The Morgan fingerprint density at radius 2 is 1.92 bits per heavy atom. The summed E-state index contributed by atoms with van der Waals surface area (Å²) in [4.78, 5) is 35.2. The number of rotatable bonds is 7. The molecule has 0 unspecified atom stereocenters. The minimum absolute atomic E-state index is 0.179. The zero-order valence-corrected chi connectivity index (χ0v) is 14.2. The summed E-state index contributed by atoms with van der Waals surface area (Å²) in [6, 6.07) is 0. The van der Waals surface area contributed by atoms with Crippen LogP contribution in [-0.4, -0.2) is 49.0 Å². The first-order valence-electron chi connectivity index (χ1n) is 7.63. The molecule has 0 fully saturated rings. The van der Waals surface area contributed by atoms with Crippen LogP contribution in [0.1, 0.15) is 34.7 Å². The monoisotopic (exact) mass is 348 g/mol.